The molecule has 0 unspecified atom stereocenters. The average Bonchev–Trinajstić information content (AvgIpc) is 3.22. The molecule has 0 saturated carbocycles. The fourth-order valence-electron chi connectivity index (χ4n) is 2.67. The number of nitrogen functional groups attached to an aromatic ring is 1. The highest BCUT2D eigenvalue weighted by atomic mass is 16.5. The molecule has 8 heteroatoms. The van der Waals surface area contributed by atoms with Crippen LogP contribution in [0, 0.1) is 13.8 Å². The smallest absolute Gasteiger partial charge is 0.256 e. The summed E-state index contributed by atoms with van der Waals surface area (Å²) in [6, 6.07) is 5.72. The summed E-state index contributed by atoms with van der Waals surface area (Å²) >= 11 is 0. The van der Waals surface area contributed by atoms with Crippen LogP contribution in [0.3, 0.4) is 0 Å². The maximum atomic E-state index is 12.1. The number of nitrogens with zero attached hydrogens (tertiary/aromatic N) is 1. The van der Waals surface area contributed by atoms with Crippen molar-refractivity contribution in [3.05, 3.63) is 51.3 Å². The van der Waals surface area contributed by atoms with Crippen molar-refractivity contribution in [2.45, 2.75) is 40.5 Å². The highest BCUT2D eigenvalue weighted by Gasteiger charge is 2.17. The summed E-state index contributed by atoms with van der Waals surface area (Å²) in [6.45, 7) is 9.45. The predicted octanol–water partition coefficient (Wildman–Crippen LogP) is 2.28. The first-order valence-electron chi connectivity index (χ1n) is 9.03. The van der Waals surface area contributed by atoms with Gasteiger partial charge < -0.3 is 21.3 Å². The number of amides is 1. The maximum absolute atomic E-state index is 12.1. The zero-order chi connectivity index (χ0) is 20.6. The van der Waals surface area contributed by atoms with Crippen molar-refractivity contribution in [3.63, 3.8) is 0 Å². The number of hydrogen-bond donors (Lipinski definition) is 3. The lowest BCUT2D eigenvalue weighted by Gasteiger charge is -2.17. The first-order chi connectivity index (χ1) is 12.8. The van der Waals surface area contributed by atoms with Gasteiger partial charge in [0.25, 0.3) is 11.5 Å². The largest absolute Gasteiger partial charge is 0.508 e. The van der Waals surface area contributed by atoms with E-state index >= 15 is 0 Å². The highest BCUT2D eigenvalue weighted by molar-refractivity contribution is 5.97. The van der Waals surface area contributed by atoms with Gasteiger partial charge in [0.1, 0.15) is 11.6 Å². The van der Waals surface area contributed by atoms with Crippen LogP contribution in [0.15, 0.2) is 29.1 Å². The number of anilines is 1. The first-order valence-corrected chi connectivity index (χ1v) is 9.03. The maximum Gasteiger partial charge on any atom is 0.256 e. The van der Waals surface area contributed by atoms with Crippen LogP contribution in [0.25, 0.3) is 5.69 Å². The minimum absolute atomic E-state index is 0. The molecule has 1 aliphatic rings. The van der Waals surface area contributed by atoms with Gasteiger partial charge >= 0.3 is 0 Å². The number of phenolic OH excluding ortho intramolecular Hbond substituents is 1. The van der Waals surface area contributed by atoms with Crippen molar-refractivity contribution in [2.24, 2.45) is 5.73 Å². The summed E-state index contributed by atoms with van der Waals surface area (Å²) in [6.07, 6.45) is 2.56. The van der Waals surface area contributed by atoms with Crippen LogP contribution in [0.4, 0.5) is 5.82 Å². The van der Waals surface area contributed by atoms with Crippen molar-refractivity contribution in [1.29, 1.82) is 0 Å². The lowest BCUT2D eigenvalue weighted by Crippen LogP contribution is -2.26. The number of benzene rings is 1. The molecular formula is C20H29BN3O4. The Morgan fingerprint density at radius 3 is 2.14 bits per heavy atom. The molecule has 1 saturated heterocycles. The van der Waals surface area contributed by atoms with E-state index in [-0.39, 0.29) is 25.5 Å². The van der Waals surface area contributed by atoms with Crippen LogP contribution >= 0.6 is 0 Å². The molecule has 1 aromatic heterocycles. The number of phenols is 1. The van der Waals surface area contributed by atoms with E-state index in [1.807, 2.05) is 13.8 Å². The fourth-order valence-corrected chi connectivity index (χ4v) is 2.67. The lowest BCUT2D eigenvalue weighted by atomic mass is 10.1. The number of ether oxygens (including phenoxy) is 1. The van der Waals surface area contributed by atoms with Crippen molar-refractivity contribution in [3.8, 4) is 11.4 Å². The number of rotatable bonds is 2. The number of primary amides is 1. The molecule has 1 aliphatic heterocycles. The molecule has 1 aromatic carbocycles. The summed E-state index contributed by atoms with van der Waals surface area (Å²) in [5, 5.41) is 9.80. The van der Waals surface area contributed by atoms with Crippen LogP contribution < -0.4 is 17.0 Å². The molecule has 3 rings (SSSR count). The van der Waals surface area contributed by atoms with Gasteiger partial charge in [-0.2, -0.15) is 0 Å². The summed E-state index contributed by atoms with van der Waals surface area (Å²) in [4.78, 5) is 23.4. The van der Waals surface area contributed by atoms with Gasteiger partial charge in [0, 0.05) is 33.3 Å². The van der Waals surface area contributed by atoms with E-state index in [1.165, 1.54) is 35.6 Å². The predicted molar refractivity (Wildman–Crippen MR) is 113 cm³/mol. The van der Waals surface area contributed by atoms with Gasteiger partial charge in [0.05, 0.1) is 11.3 Å². The summed E-state index contributed by atoms with van der Waals surface area (Å²) < 4.78 is 6.13. The number of aromatic nitrogens is 1. The van der Waals surface area contributed by atoms with E-state index in [1.54, 1.807) is 19.9 Å². The van der Waals surface area contributed by atoms with Crippen LogP contribution in [0.2, 0.25) is 0 Å². The monoisotopic (exact) mass is 386 g/mol. The normalized spacial score (nSPS) is 12.0. The van der Waals surface area contributed by atoms with Crippen LogP contribution in [-0.4, -0.2) is 37.2 Å². The molecule has 2 heterocycles. The van der Waals surface area contributed by atoms with Gasteiger partial charge in [0.2, 0.25) is 0 Å². The molecule has 151 valence electrons. The molecule has 0 atom stereocenters. The number of hydrogen-bond acceptors (Lipinski definition) is 5. The summed E-state index contributed by atoms with van der Waals surface area (Å²) in [7, 11) is 0. The van der Waals surface area contributed by atoms with E-state index in [9.17, 15) is 14.7 Å². The second kappa shape index (κ2) is 11.9. The zero-order valence-electron chi connectivity index (χ0n) is 17.0. The van der Waals surface area contributed by atoms with Gasteiger partial charge in [-0.25, -0.2) is 0 Å². The van der Waals surface area contributed by atoms with Gasteiger partial charge in [-0.05, 0) is 44.4 Å². The van der Waals surface area contributed by atoms with E-state index in [0.29, 0.717) is 11.3 Å². The molecule has 5 N–H and O–H groups in total. The van der Waals surface area contributed by atoms with Gasteiger partial charge in [-0.1, -0.05) is 19.9 Å². The van der Waals surface area contributed by atoms with Crippen molar-refractivity contribution in [2.75, 3.05) is 18.9 Å². The molecule has 3 radical (unpaired) electrons. The molecule has 2 aromatic rings. The molecule has 1 amide bonds. The fraction of sp³-hybridized carbons (Fsp3) is 0.400. The Hall–Kier alpha value is -2.74. The second-order valence-corrected chi connectivity index (χ2v) is 5.86. The average molecular weight is 386 g/mol. The van der Waals surface area contributed by atoms with Crippen LogP contribution in [-0.2, 0) is 4.74 Å². The van der Waals surface area contributed by atoms with Crippen molar-refractivity contribution >= 4 is 20.1 Å². The zero-order valence-corrected chi connectivity index (χ0v) is 17.0. The van der Waals surface area contributed by atoms with Crippen LogP contribution in [0.1, 0.15) is 48.2 Å². The molecular weight excluding hydrogens is 357 g/mol. The number of nitrogens with two attached hydrogens (primary N) is 2. The minimum atomic E-state index is -0.716. The second-order valence-electron chi connectivity index (χ2n) is 5.86. The molecule has 0 bridgehead atoms. The standard InChI is InChI=1S/C14H15N3O3.C4H8O.C2H6.B/c1-7-3-5-10(18)8(2)12(7)17-11(19)6-4-9(13(17)15)14(16)20;1-2-4-5-3-1;1-2;/h3-6,18H,15H2,1-2H3,(H2,16,20);1-4H2;1-2H3;. The van der Waals surface area contributed by atoms with Gasteiger partial charge in [0.15, 0.2) is 0 Å². The summed E-state index contributed by atoms with van der Waals surface area (Å²) in [5.74, 6) is -0.713. The van der Waals surface area contributed by atoms with E-state index < -0.39 is 11.5 Å². The Balaban J connectivity index is 0.000000778. The quantitative estimate of drug-likeness (QED) is 0.684. The lowest BCUT2D eigenvalue weighted by molar-refractivity contribution is 0.100. The van der Waals surface area contributed by atoms with Gasteiger partial charge in [-0.15, -0.1) is 0 Å². The van der Waals surface area contributed by atoms with E-state index in [0.717, 1.165) is 18.8 Å². The Bertz CT molecular complexity index is 838. The third-order valence-corrected chi connectivity index (χ3v) is 4.05. The van der Waals surface area contributed by atoms with E-state index in [2.05, 4.69) is 0 Å². The Labute approximate surface area is 167 Å². The number of carbonyl (C=O) groups excluding carboxylic acids is 1. The molecule has 0 aliphatic carbocycles. The molecule has 0 spiro atoms. The Morgan fingerprint density at radius 2 is 1.68 bits per heavy atom. The summed E-state index contributed by atoms with van der Waals surface area (Å²) in [5.41, 5.74) is 12.5. The SMILES string of the molecule is C1CCOC1.CC.Cc1ccc(O)c(C)c1-n1c(N)c(C(N)=O)ccc1=O.[B]. The third-order valence-electron chi connectivity index (χ3n) is 4.05. The molecule has 7 nitrogen and oxygen atoms in total. The first kappa shape index (κ1) is 25.3. The van der Waals surface area contributed by atoms with Gasteiger partial charge in [-0.3, -0.25) is 14.2 Å². The molecule has 28 heavy (non-hydrogen) atoms. The Kier molecular flexibility index (Phi) is 10.7. The minimum Gasteiger partial charge on any atom is -0.508 e. The number of pyridine rings is 1. The van der Waals surface area contributed by atoms with Crippen LogP contribution in [0.5, 0.6) is 5.75 Å². The topological polar surface area (TPSA) is 121 Å². The third kappa shape index (κ3) is 5.89. The number of aromatic hydroxyl groups is 1. The van der Waals surface area contributed by atoms with E-state index in [4.69, 9.17) is 16.2 Å². The van der Waals surface area contributed by atoms with Crippen molar-refractivity contribution < 1.29 is 14.6 Å². The molecule has 1 fully saturated rings. The number of carbonyl (C=O) groups is 1. The number of aryl methyl sites for hydroxylation is 1. The highest BCUT2D eigenvalue weighted by Crippen LogP contribution is 2.28. The Morgan fingerprint density at radius 1 is 1.11 bits per heavy atom. The van der Waals surface area contributed by atoms with Crippen molar-refractivity contribution in [1.82, 2.24) is 4.57 Å².